The van der Waals surface area contributed by atoms with E-state index in [0.717, 1.165) is 6.07 Å². The first kappa shape index (κ1) is 29.5. The number of nitrogens with one attached hydrogen (secondary N) is 2. The Kier molecular flexibility index (Phi) is 7.91. The fourth-order valence-electron chi connectivity index (χ4n) is 4.70. The molecule has 0 aliphatic carbocycles. The fourth-order valence-corrected chi connectivity index (χ4v) is 6.04. The lowest BCUT2D eigenvalue weighted by Gasteiger charge is -2.11. The number of para-hydroxylation sites is 1. The maximum absolute atomic E-state index is 13.8. The number of alkyl halides is 3. The molecule has 0 saturated carbocycles. The summed E-state index contributed by atoms with van der Waals surface area (Å²) in [4.78, 5) is 29.0. The Balaban J connectivity index is 1.31. The van der Waals surface area contributed by atoms with Gasteiger partial charge in [-0.3, -0.25) is 4.79 Å². The summed E-state index contributed by atoms with van der Waals surface area (Å²) in [5, 5.41) is 4.26. The molecule has 222 valence electrons. The summed E-state index contributed by atoms with van der Waals surface area (Å²) in [5.41, 5.74) is 2.50. The van der Waals surface area contributed by atoms with Crippen molar-refractivity contribution in [3.05, 3.63) is 110 Å². The first-order chi connectivity index (χ1) is 21.1. The van der Waals surface area contributed by atoms with Crippen LogP contribution in [0.4, 0.5) is 13.2 Å². The summed E-state index contributed by atoms with van der Waals surface area (Å²) >= 11 is 6.77. The highest BCUT2D eigenvalue weighted by molar-refractivity contribution is 9.11. The van der Waals surface area contributed by atoms with Gasteiger partial charge in [0.05, 0.1) is 27.3 Å². The van der Waals surface area contributed by atoms with Gasteiger partial charge in [-0.1, -0.05) is 58.4 Å². The minimum Gasteiger partial charge on any atom is -0.454 e. The number of aromatic nitrogens is 1. The lowest BCUT2D eigenvalue weighted by atomic mass is 10.0. The van der Waals surface area contributed by atoms with Gasteiger partial charge in [0.1, 0.15) is 5.69 Å². The van der Waals surface area contributed by atoms with E-state index in [4.69, 9.17) is 14.2 Å². The molecule has 8 nitrogen and oxygen atoms in total. The normalized spacial score (nSPS) is 12.6. The Morgan fingerprint density at radius 2 is 1.73 bits per heavy atom. The largest absolute Gasteiger partial charge is 0.454 e. The van der Waals surface area contributed by atoms with Crippen molar-refractivity contribution >= 4 is 60.9 Å². The highest BCUT2D eigenvalue weighted by atomic mass is 79.9. The van der Waals surface area contributed by atoms with Gasteiger partial charge in [0.25, 0.3) is 5.91 Å². The van der Waals surface area contributed by atoms with E-state index in [1.54, 1.807) is 48.5 Å². The number of esters is 1. The van der Waals surface area contributed by atoms with Crippen LogP contribution in [-0.4, -0.2) is 29.9 Å². The molecule has 0 unspecified atom stereocenters. The van der Waals surface area contributed by atoms with Crippen LogP contribution in [0.5, 0.6) is 17.2 Å². The molecular formula is C31H18Br2F3N3O5. The Bertz CT molecular complexity index is 1960. The van der Waals surface area contributed by atoms with Gasteiger partial charge in [-0.05, 0) is 57.9 Å². The molecule has 6 rings (SSSR count). The smallest absolute Gasteiger partial charge is 0.418 e. The lowest BCUT2D eigenvalue weighted by molar-refractivity contribution is -0.136. The number of H-pyrrole nitrogens is 1. The predicted octanol–water partition coefficient (Wildman–Crippen LogP) is 8.09. The van der Waals surface area contributed by atoms with Crippen molar-refractivity contribution in [2.75, 3.05) is 6.79 Å². The molecule has 0 spiro atoms. The molecule has 1 aliphatic heterocycles. The number of carbonyl (C=O) groups is 2. The van der Waals surface area contributed by atoms with Crippen LogP contribution < -0.4 is 19.6 Å². The van der Waals surface area contributed by atoms with Crippen molar-refractivity contribution in [1.82, 2.24) is 10.4 Å². The number of benzene rings is 4. The SMILES string of the molecule is O=C(Oc1c(Br)cc(Br)cc1C=NNC(=O)c1[nH]c2c(C(F)(F)F)cccc2c1-c1ccccc1)c1ccc2c(c1)OCO2. The third kappa shape index (κ3) is 5.80. The number of amides is 1. The number of hydrazone groups is 1. The first-order valence-corrected chi connectivity index (χ1v) is 14.4. The molecule has 1 aliphatic rings. The number of hydrogen-bond acceptors (Lipinski definition) is 6. The minimum atomic E-state index is -4.65. The second kappa shape index (κ2) is 11.8. The standard InChI is InChI=1S/C31H18Br2F3N3O5/c32-19-11-18(28(22(33)13-19)44-30(41)17-9-10-23-24(12-17)43-15-42-23)14-37-39-29(40)27-25(16-5-2-1-3-6-16)20-7-4-8-21(26(20)38-27)31(34,35)36/h1-14,38H,15H2,(H,39,40). The maximum atomic E-state index is 13.8. The number of carbonyl (C=O) groups excluding carboxylic acids is 2. The second-order valence-corrected chi connectivity index (χ2v) is 11.2. The number of hydrogen-bond donors (Lipinski definition) is 2. The molecule has 1 aromatic heterocycles. The van der Waals surface area contributed by atoms with Crippen LogP contribution in [0.2, 0.25) is 0 Å². The molecule has 0 saturated heterocycles. The van der Waals surface area contributed by atoms with E-state index in [2.05, 4.69) is 47.4 Å². The van der Waals surface area contributed by atoms with E-state index in [1.165, 1.54) is 30.5 Å². The molecule has 0 fully saturated rings. The third-order valence-corrected chi connectivity index (χ3v) is 7.69. The van der Waals surface area contributed by atoms with Gasteiger partial charge < -0.3 is 19.2 Å². The average molecular weight is 729 g/mol. The summed E-state index contributed by atoms with van der Waals surface area (Å²) in [7, 11) is 0. The molecule has 1 amide bonds. The van der Waals surface area contributed by atoms with Gasteiger partial charge in [-0.2, -0.15) is 18.3 Å². The van der Waals surface area contributed by atoms with Crippen LogP contribution in [0.1, 0.15) is 32.0 Å². The molecule has 0 atom stereocenters. The second-order valence-electron chi connectivity index (χ2n) is 9.43. The van der Waals surface area contributed by atoms with Gasteiger partial charge in [0.2, 0.25) is 6.79 Å². The van der Waals surface area contributed by atoms with Crippen molar-refractivity contribution in [1.29, 1.82) is 0 Å². The van der Waals surface area contributed by atoms with E-state index in [9.17, 15) is 22.8 Å². The average Bonchev–Trinajstić information content (AvgIpc) is 3.63. The molecule has 2 heterocycles. The summed E-state index contributed by atoms with van der Waals surface area (Å²) in [6, 6.07) is 20.3. The van der Waals surface area contributed by atoms with Gasteiger partial charge in [-0.15, -0.1) is 0 Å². The topological polar surface area (TPSA) is 102 Å². The molecular weight excluding hydrogens is 711 g/mol. The van der Waals surface area contributed by atoms with E-state index < -0.39 is 23.6 Å². The van der Waals surface area contributed by atoms with Gasteiger partial charge >= 0.3 is 12.1 Å². The number of halogens is 5. The van der Waals surface area contributed by atoms with Crippen LogP contribution in [-0.2, 0) is 6.18 Å². The Labute approximate surface area is 264 Å². The first-order valence-electron chi connectivity index (χ1n) is 12.8. The van der Waals surface area contributed by atoms with Crippen LogP contribution >= 0.6 is 31.9 Å². The monoisotopic (exact) mass is 727 g/mol. The van der Waals surface area contributed by atoms with Crippen molar-refractivity contribution in [3.63, 3.8) is 0 Å². The fraction of sp³-hybridized carbons (Fsp3) is 0.0645. The van der Waals surface area contributed by atoms with Crippen LogP contribution in [0, 0.1) is 0 Å². The molecule has 4 aromatic carbocycles. The minimum absolute atomic E-state index is 0.0489. The lowest BCUT2D eigenvalue weighted by Crippen LogP contribution is -2.19. The van der Waals surface area contributed by atoms with Crippen molar-refractivity contribution in [2.45, 2.75) is 6.18 Å². The van der Waals surface area contributed by atoms with Gasteiger partial charge in [0.15, 0.2) is 17.2 Å². The Morgan fingerprint density at radius 1 is 0.955 bits per heavy atom. The Morgan fingerprint density at radius 3 is 2.50 bits per heavy atom. The van der Waals surface area contributed by atoms with E-state index >= 15 is 0 Å². The Hall–Kier alpha value is -4.62. The summed E-state index contributed by atoms with van der Waals surface area (Å²) in [6.07, 6.45) is -3.39. The quantitative estimate of drug-likeness (QED) is 0.0797. The molecule has 0 bridgehead atoms. The maximum Gasteiger partial charge on any atom is 0.418 e. The molecule has 2 N–H and O–H groups in total. The van der Waals surface area contributed by atoms with E-state index in [0.29, 0.717) is 37.1 Å². The zero-order valence-electron chi connectivity index (χ0n) is 22.2. The zero-order chi connectivity index (χ0) is 31.0. The summed E-state index contributed by atoms with van der Waals surface area (Å²) < 4.78 is 58.7. The molecule has 13 heteroatoms. The van der Waals surface area contributed by atoms with Gasteiger partial charge in [-0.25, -0.2) is 10.2 Å². The van der Waals surface area contributed by atoms with Gasteiger partial charge in [0, 0.05) is 21.0 Å². The number of ether oxygens (including phenoxy) is 3. The highest BCUT2D eigenvalue weighted by Gasteiger charge is 2.34. The number of nitrogens with zero attached hydrogens (tertiary/aromatic N) is 1. The van der Waals surface area contributed by atoms with E-state index in [-0.39, 0.29) is 34.7 Å². The number of fused-ring (bicyclic) bond motifs is 2. The predicted molar refractivity (Wildman–Crippen MR) is 163 cm³/mol. The zero-order valence-corrected chi connectivity index (χ0v) is 25.3. The number of rotatable bonds is 6. The molecule has 0 radical (unpaired) electrons. The molecule has 5 aromatic rings. The van der Waals surface area contributed by atoms with Crippen molar-refractivity contribution in [3.8, 4) is 28.4 Å². The number of aromatic amines is 1. The highest BCUT2D eigenvalue weighted by Crippen LogP contribution is 2.40. The summed E-state index contributed by atoms with van der Waals surface area (Å²) in [6.45, 7) is 0.0489. The third-order valence-electron chi connectivity index (χ3n) is 6.64. The van der Waals surface area contributed by atoms with Crippen LogP contribution in [0.3, 0.4) is 0 Å². The molecule has 44 heavy (non-hydrogen) atoms. The van der Waals surface area contributed by atoms with Crippen molar-refractivity contribution in [2.24, 2.45) is 5.10 Å². The van der Waals surface area contributed by atoms with Crippen LogP contribution in [0.15, 0.2) is 92.9 Å². The summed E-state index contributed by atoms with van der Waals surface area (Å²) in [5.74, 6) is -0.435. The van der Waals surface area contributed by atoms with E-state index in [1.807, 2.05) is 0 Å². The van der Waals surface area contributed by atoms with Crippen molar-refractivity contribution < 1.29 is 37.0 Å². The van der Waals surface area contributed by atoms with Crippen LogP contribution in [0.25, 0.3) is 22.0 Å².